The highest BCUT2D eigenvalue weighted by Gasteiger charge is 2.16. The molecular formula is C59H35NO3. The van der Waals surface area contributed by atoms with E-state index < -0.39 is 0 Å². The second kappa shape index (κ2) is 14.1. The molecule has 0 atom stereocenters. The van der Waals surface area contributed by atoms with Crippen LogP contribution in [0.4, 0.5) is 0 Å². The standard InChI is InChI=1S/C59H35NO3/c1-2-10-38(11-3-1)52-34-44(37-20-18-36(19-21-37)39-22-25-57-49(31-39)46-12-4-7-15-54(46)61-57)35-53(60-52)45-29-42(40-23-26-58-50(32-40)47-13-5-8-16-55(47)62-58)28-43(30-45)41-24-27-59-51(33-41)48-14-6-9-17-56(48)63-59/h1-35H. The maximum absolute atomic E-state index is 6.25. The summed E-state index contributed by atoms with van der Waals surface area (Å²) in [4.78, 5) is 5.41. The number of hydrogen-bond acceptors (Lipinski definition) is 4. The lowest BCUT2D eigenvalue weighted by Gasteiger charge is -2.14. The van der Waals surface area contributed by atoms with Gasteiger partial charge in [0, 0.05) is 43.4 Å². The van der Waals surface area contributed by atoms with Crippen molar-refractivity contribution in [3.8, 4) is 67.0 Å². The molecule has 0 aliphatic heterocycles. The summed E-state index contributed by atoms with van der Waals surface area (Å²) >= 11 is 0. The highest BCUT2D eigenvalue weighted by Crippen LogP contribution is 2.40. The van der Waals surface area contributed by atoms with Crippen LogP contribution in [0, 0.1) is 0 Å². The van der Waals surface area contributed by atoms with Crippen molar-refractivity contribution in [2.24, 2.45) is 0 Å². The van der Waals surface area contributed by atoms with Gasteiger partial charge in [0.1, 0.15) is 33.5 Å². The Labute approximate surface area is 361 Å². The van der Waals surface area contributed by atoms with Gasteiger partial charge in [0.2, 0.25) is 0 Å². The molecule has 9 aromatic carbocycles. The molecule has 0 saturated carbocycles. The van der Waals surface area contributed by atoms with Crippen molar-refractivity contribution in [3.63, 3.8) is 0 Å². The third-order valence-electron chi connectivity index (χ3n) is 12.5. The van der Waals surface area contributed by atoms with Gasteiger partial charge in [0.25, 0.3) is 0 Å². The zero-order valence-corrected chi connectivity index (χ0v) is 33.9. The molecule has 4 nitrogen and oxygen atoms in total. The molecule has 0 radical (unpaired) electrons. The Morgan fingerprint density at radius 1 is 0.206 bits per heavy atom. The van der Waals surface area contributed by atoms with E-state index in [4.69, 9.17) is 18.2 Å². The second-order valence-corrected chi connectivity index (χ2v) is 16.3. The van der Waals surface area contributed by atoms with Gasteiger partial charge in [-0.3, -0.25) is 0 Å². The maximum atomic E-state index is 6.25. The van der Waals surface area contributed by atoms with Crippen LogP contribution in [0.25, 0.3) is 133 Å². The van der Waals surface area contributed by atoms with E-state index in [-0.39, 0.29) is 0 Å². The summed E-state index contributed by atoms with van der Waals surface area (Å²) in [6.45, 7) is 0. The lowest BCUT2D eigenvalue weighted by Crippen LogP contribution is -1.93. The summed E-state index contributed by atoms with van der Waals surface area (Å²) in [5.41, 5.74) is 18.1. The molecule has 13 rings (SSSR count). The van der Waals surface area contributed by atoms with E-state index in [2.05, 4.69) is 170 Å². The summed E-state index contributed by atoms with van der Waals surface area (Å²) in [5.74, 6) is 0. The lowest BCUT2D eigenvalue weighted by atomic mass is 9.92. The van der Waals surface area contributed by atoms with Gasteiger partial charge >= 0.3 is 0 Å². The topological polar surface area (TPSA) is 52.3 Å². The van der Waals surface area contributed by atoms with Gasteiger partial charge in [0.05, 0.1) is 11.4 Å². The molecule has 0 N–H and O–H groups in total. The van der Waals surface area contributed by atoms with E-state index in [0.717, 1.165) is 133 Å². The van der Waals surface area contributed by atoms with Gasteiger partial charge in [-0.05, 0) is 129 Å². The number of aromatic nitrogens is 1. The third kappa shape index (κ3) is 6.03. The highest BCUT2D eigenvalue weighted by atomic mass is 16.3. The quantitative estimate of drug-likeness (QED) is 0.168. The number of hydrogen-bond donors (Lipinski definition) is 0. The molecule has 4 heterocycles. The Morgan fingerprint density at radius 2 is 0.540 bits per heavy atom. The van der Waals surface area contributed by atoms with Crippen LogP contribution in [-0.4, -0.2) is 4.98 Å². The van der Waals surface area contributed by atoms with Crippen LogP contribution in [-0.2, 0) is 0 Å². The molecule has 63 heavy (non-hydrogen) atoms. The normalized spacial score (nSPS) is 11.8. The van der Waals surface area contributed by atoms with Gasteiger partial charge in [-0.15, -0.1) is 0 Å². The first-order valence-corrected chi connectivity index (χ1v) is 21.2. The Bertz CT molecular complexity index is 3770. The highest BCUT2D eigenvalue weighted by molar-refractivity contribution is 6.08. The first-order valence-electron chi connectivity index (χ1n) is 21.2. The van der Waals surface area contributed by atoms with Crippen LogP contribution in [0.5, 0.6) is 0 Å². The predicted octanol–water partition coefficient (Wildman–Crippen LogP) is 16.8. The number of benzene rings is 9. The predicted molar refractivity (Wildman–Crippen MR) is 259 cm³/mol. The fraction of sp³-hybridized carbons (Fsp3) is 0. The Balaban J connectivity index is 0.974. The summed E-state index contributed by atoms with van der Waals surface area (Å²) in [6, 6.07) is 74.8. The lowest BCUT2D eigenvalue weighted by molar-refractivity contribution is 0.668. The molecule has 0 unspecified atom stereocenters. The molecule has 0 aliphatic carbocycles. The zero-order valence-electron chi connectivity index (χ0n) is 33.9. The first-order chi connectivity index (χ1) is 31.1. The maximum Gasteiger partial charge on any atom is 0.135 e. The summed E-state index contributed by atoms with van der Waals surface area (Å²) in [5, 5.41) is 6.64. The summed E-state index contributed by atoms with van der Waals surface area (Å²) < 4.78 is 18.6. The number of fused-ring (bicyclic) bond motifs is 9. The summed E-state index contributed by atoms with van der Waals surface area (Å²) in [7, 11) is 0. The van der Waals surface area contributed by atoms with E-state index in [0.29, 0.717) is 0 Å². The average Bonchev–Trinajstić information content (AvgIpc) is 4.04. The third-order valence-corrected chi connectivity index (χ3v) is 12.5. The first kappa shape index (κ1) is 35.3. The fourth-order valence-corrected chi connectivity index (χ4v) is 9.28. The molecule has 294 valence electrons. The van der Waals surface area contributed by atoms with Crippen molar-refractivity contribution >= 4 is 65.8 Å². The van der Waals surface area contributed by atoms with Gasteiger partial charge in [0.15, 0.2) is 0 Å². The zero-order chi connectivity index (χ0) is 41.4. The van der Waals surface area contributed by atoms with Gasteiger partial charge in [-0.1, -0.05) is 127 Å². The van der Waals surface area contributed by atoms with E-state index in [1.807, 2.05) is 42.5 Å². The minimum absolute atomic E-state index is 0.872. The van der Waals surface area contributed by atoms with Crippen LogP contribution >= 0.6 is 0 Å². The Hall–Kier alpha value is -8.47. The molecule has 0 bridgehead atoms. The fourth-order valence-electron chi connectivity index (χ4n) is 9.28. The molecule has 13 aromatic rings. The second-order valence-electron chi connectivity index (χ2n) is 16.3. The number of pyridine rings is 1. The van der Waals surface area contributed by atoms with Crippen LogP contribution in [0.1, 0.15) is 0 Å². The average molecular weight is 806 g/mol. The molecule has 0 saturated heterocycles. The number of para-hydroxylation sites is 3. The molecule has 0 amide bonds. The van der Waals surface area contributed by atoms with Crippen molar-refractivity contribution in [1.29, 1.82) is 0 Å². The Kier molecular flexibility index (Phi) is 7.87. The van der Waals surface area contributed by atoms with E-state index in [1.165, 1.54) is 0 Å². The molecule has 4 heteroatoms. The monoisotopic (exact) mass is 805 g/mol. The van der Waals surface area contributed by atoms with E-state index in [1.54, 1.807) is 0 Å². The largest absolute Gasteiger partial charge is 0.456 e. The SMILES string of the molecule is c1ccc(-c2cc(-c3ccc(-c4ccc5oc6ccccc6c5c4)cc3)cc(-c3cc(-c4ccc5oc6ccccc6c5c4)cc(-c4ccc5oc6ccccc6c5c4)c3)n2)cc1. The molecule has 0 fully saturated rings. The van der Waals surface area contributed by atoms with Crippen molar-refractivity contribution in [3.05, 3.63) is 212 Å². The number of rotatable bonds is 6. The van der Waals surface area contributed by atoms with Gasteiger partial charge in [-0.25, -0.2) is 4.98 Å². The molecule has 4 aromatic heterocycles. The van der Waals surface area contributed by atoms with Crippen LogP contribution < -0.4 is 0 Å². The molecule has 0 spiro atoms. The number of nitrogens with zero attached hydrogens (tertiary/aromatic N) is 1. The molecular weight excluding hydrogens is 771 g/mol. The van der Waals surface area contributed by atoms with Gasteiger partial charge < -0.3 is 13.3 Å². The minimum Gasteiger partial charge on any atom is -0.456 e. The van der Waals surface area contributed by atoms with Crippen molar-refractivity contribution < 1.29 is 13.3 Å². The smallest absolute Gasteiger partial charge is 0.135 e. The van der Waals surface area contributed by atoms with Gasteiger partial charge in [-0.2, -0.15) is 0 Å². The van der Waals surface area contributed by atoms with Crippen LogP contribution in [0.15, 0.2) is 226 Å². The van der Waals surface area contributed by atoms with Crippen LogP contribution in [0.2, 0.25) is 0 Å². The molecule has 0 aliphatic rings. The minimum atomic E-state index is 0.872. The summed E-state index contributed by atoms with van der Waals surface area (Å²) in [6.07, 6.45) is 0. The van der Waals surface area contributed by atoms with Crippen molar-refractivity contribution in [1.82, 2.24) is 4.98 Å². The van der Waals surface area contributed by atoms with E-state index in [9.17, 15) is 0 Å². The van der Waals surface area contributed by atoms with E-state index >= 15 is 0 Å². The Morgan fingerprint density at radius 3 is 1.02 bits per heavy atom. The van der Waals surface area contributed by atoms with Crippen molar-refractivity contribution in [2.45, 2.75) is 0 Å². The number of furan rings is 3. The van der Waals surface area contributed by atoms with Crippen molar-refractivity contribution in [2.75, 3.05) is 0 Å². The van der Waals surface area contributed by atoms with Crippen LogP contribution in [0.3, 0.4) is 0 Å².